The fraction of sp³-hybridized carbons (Fsp3) is 0.714. The molecule has 0 saturated heterocycles. The van der Waals surface area contributed by atoms with Gasteiger partial charge in [-0.25, -0.2) is 4.68 Å². The van der Waals surface area contributed by atoms with E-state index >= 15 is 0 Å². The molecule has 2 rings (SSSR count). The van der Waals surface area contributed by atoms with Gasteiger partial charge in [-0.1, -0.05) is 11.6 Å². The molecule has 0 aliphatic heterocycles. The summed E-state index contributed by atoms with van der Waals surface area (Å²) in [6.45, 7) is 1.39. The van der Waals surface area contributed by atoms with Crippen LogP contribution < -0.4 is 16.6 Å². The molecule has 21 heavy (non-hydrogen) atoms. The van der Waals surface area contributed by atoms with E-state index < -0.39 is 0 Å². The van der Waals surface area contributed by atoms with Gasteiger partial charge >= 0.3 is 0 Å². The van der Waals surface area contributed by atoms with E-state index in [1.807, 2.05) is 0 Å². The van der Waals surface area contributed by atoms with Crippen LogP contribution in [0.25, 0.3) is 0 Å². The monoisotopic (exact) mass is 314 g/mol. The van der Waals surface area contributed by atoms with Crippen molar-refractivity contribution in [1.82, 2.24) is 9.78 Å². The van der Waals surface area contributed by atoms with Gasteiger partial charge in [0.05, 0.1) is 18.0 Å². The lowest BCUT2D eigenvalue weighted by Crippen LogP contribution is -2.30. The quantitative estimate of drug-likeness (QED) is 0.778. The SMILES string of the molecule is Cn1ncc(NCCCOC2CCC(N)CC2)c(Cl)c1=O. The van der Waals surface area contributed by atoms with Gasteiger partial charge in [0.25, 0.3) is 5.56 Å². The third-order valence-corrected chi connectivity index (χ3v) is 4.15. The maximum atomic E-state index is 11.6. The second kappa shape index (κ2) is 7.77. The third-order valence-electron chi connectivity index (χ3n) is 3.79. The van der Waals surface area contributed by atoms with E-state index in [2.05, 4.69) is 10.4 Å². The standard InChI is InChI=1S/C14H23ClN4O2/c1-19-14(20)13(15)12(9-18-19)17-7-2-8-21-11-5-3-10(16)4-6-11/h9-11,17H,2-8,16H2,1H3. The minimum absolute atomic E-state index is 0.176. The summed E-state index contributed by atoms with van der Waals surface area (Å²) in [6, 6.07) is 0.349. The normalized spacial score (nSPS) is 22.2. The second-order valence-corrected chi connectivity index (χ2v) is 5.87. The van der Waals surface area contributed by atoms with Gasteiger partial charge < -0.3 is 15.8 Å². The average Bonchev–Trinajstić information content (AvgIpc) is 2.48. The Morgan fingerprint density at radius 3 is 2.90 bits per heavy atom. The predicted octanol–water partition coefficient (Wildman–Crippen LogP) is 1.52. The molecule has 0 unspecified atom stereocenters. The van der Waals surface area contributed by atoms with Crippen LogP contribution in [0.15, 0.2) is 11.0 Å². The first-order valence-electron chi connectivity index (χ1n) is 7.41. The summed E-state index contributed by atoms with van der Waals surface area (Å²) in [5.74, 6) is 0. The van der Waals surface area contributed by atoms with E-state index in [9.17, 15) is 4.79 Å². The van der Waals surface area contributed by atoms with E-state index in [0.29, 0.717) is 31.0 Å². The molecule has 0 atom stereocenters. The summed E-state index contributed by atoms with van der Waals surface area (Å²) in [4.78, 5) is 11.6. The molecule has 0 radical (unpaired) electrons. The number of aryl methyl sites for hydroxylation is 1. The van der Waals surface area contributed by atoms with Crippen LogP contribution in [-0.4, -0.2) is 35.1 Å². The molecule has 0 bridgehead atoms. The van der Waals surface area contributed by atoms with Crippen molar-refractivity contribution in [3.63, 3.8) is 0 Å². The van der Waals surface area contributed by atoms with Crippen molar-refractivity contribution in [2.24, 2.45) is 12.8 Å². The summed E-state index contributed by atoms with van der Waals surface area (Å²) in [5.41, 5.74) is 6.14. The summed E-state index contributed by atoms with van der Waals surface area (Å²) in [7, 11) is 1.57. The Labute approximate surface area is 129 Å². The average molecular weight is 315 g/mol. The van der Waals surface area contributed by atoms with E-state index in [1.54, 1.807) is 13.2 Å². The summed E-state index contributed by atoms with van der Waals surface area (Å²) in [6.07, 6.45) is 6.98. The number of nitrogens with one attached hydrogen (secondary N) is 1. The van der Waals surface area contributed by atoms with Gasteiger partial charge in [-0.15, -0.1) is 0 Å². The number of hydrogen-bond acceptors (Lipinski definition) is 5. The highest BCUT2D eigenvalue weighted by Gasteiger charge is 2.18. The molecule has 1 saturated carbocycles. The molecular formula is C14H23ClN4O2. The Morgan fingerprint density at radius 2 is 2.19 bits per heavy atom. The topological polar surface area (TPSA) is 82.2 Å². The van der Waals surface area contributed by atoms with E-state index in [1.165, 1.54) is 4.68 Å². The molecular weight excluding hydrogens is 292 g/mol. The maximum Gasteiger partial charge on any atom is 0.287 e. The molecule has 0 amide bonds. The number of halogens is 1. The molecule has 7 heteroatoms. The highest BCUT2D eigenvalue weighted by atomic mass is 35.5. The lowest BCUT2D eigenvalue weighted by molar-refractivity contribution is 0.0251. The van der Waals surface area contributed by atoms with Crippen LogP contribution in [-0.2, 0) is 11.8 Å². The zero-order valence-corrected chi connectivity index (χ0v) is 13.1. The first-order valence-corrected chi connectivity index (χ1v) is 7.78. The largest absolute Gasteiger partial charge is 0.382 e. The summed E-state index contributed by atoms with van der Waals surface area (Å²) < 4.78 is 7.04. The maximum absolute atomic E-state index is 11.6. The lowest BCUT2D eigenvalue weighted by Gasteiger charge is -2.26. The van der Waals surface area contributed by atoms with Crippen LogP contribution in [0.3, 0.4) is 0 Å². The molecule has 1 heterocycles. The van der Waals surface area contributed by atoms with Crippen molar-refractivity contribution in [2.45, 2.75) is 44.2 Å². The van der Waals surface area contributed by atoms with Crippen LogP contribution in [0, 0.1) is 0 Å². The highest BCUT2D eigenvalue weighted by Crippen LogP contribution is 2.20. The Balaban J connectivity index is 1.66. The number of hydrogen-bond donors (Lipinski definition) is 2. The van der Waals surface area contributed by atoms with Gasteiger partial charge in [-0.2, -0.15) is 5.10 Å². The number of rotatable bonds is 6. The molecule has 1 fully saturated rings. The number of aromatic nitrogens is 2. The van der Waals surface area contributed by atoms with E-state index in [4.69, 9.17) is 22.1 Å². The van der Waals surface area contributed by atoms with Gasteiger partial charge in [0.1, 0.15) is 5.02 Å². The molecule has 1 aromatic heterocycles. The zero-order valence-electron chi connectivity index (χ0n) is 12.3. The molecule has 1 aliphatic carbocycles. The zero-order chi connectivity index (χ0) is 15.2. The Hall–Kier alpha value is -1.11. The Bertz CT molecular complexity index is 512. The van der Waals surface area contributed by atoms with Gasteiger partial charge in [-0.05, 0) is 32.1 Å². The fourth-order valence-corrected chi connectivity index (χ4v) is 2.67. The Morgan fingerprint density at radius 1 is 1.48 bits per heavy atom. The van der Waals surface area contributed by atoms with Crippen LogP contribution in [0.5, 0.6) is 0 Å². The first-order chi connectivity index (χ1) is 10.1. The van der Waals surface area contributed by atoms with Crippen LogP contribution in [0.1, 0.15) is 32.1 Å². The minimum Gasteiger partial charge on any atom is -0.382 e. The molecule has 6 nitrogen and oxygen atoms in total. The lowest BCUT2D eigenvalue weighted by atomic mass is 9.94. The molecule has 0 aromatic carbocycles. The highest BCUT2D eigenvalue weighted by molar-refractivity contribution is 6.32. The summed E-state index contributed by atoms with van der Waals surface area (Å²) >= 11 is 5.97. The molecule has 118 valence electrons. The predicted molar refractivity (Wildman–Crippen MR) is 83.8 cm³/mol. The second-order valence-electron chi connectivity index (χ2n) is 5.49. The van der Waals surface area contributed by atoms with Gasteiger partial charge in [-0.3, -0.25) is 4.79 Å². The number of anilines is 1. The number of nitrogens with two attached hydrogens (primary N) is 1. The smallest absolute Gasteiger partial charge is 0.287 e. The number of nitrogens with zero attached hydrogens (tertiary/aromatic N) is 2. The summed E-state index contributed by atoms with van der Waals surface area (Å²) in [5, 5.41) is 7.23. The fourth-order valence-electron chi connectivity index (χ4n) is 2.43. The van der Waals surface area contributed by atoms with Gasteiger partial charge in [0, 0.05) is 26.2 Å². The molecule has 0 spiro atoms. The molecule has 3 N–H and O–H groups in total. The van der Waals surface area contributed by atoms with Crippen molar-refractivity contribution in [3.8, 4) is 0 Å². The van der Waals surface area contributed by atoms with Crippen LogP contribution in [0.2, 0.25) is 5.02 Å². The minimum atomic E-state index is -0.295. The third kappa shape index (κ3) is 4.69. The van der Waals surface area contributed by atoms with Crippen molar-refractivity contribution in [3.05, 3.63) is 21.6 Å². The molecule has 1 aliphatic rings. The van der Waals surface area contributed by atoms with Crippen molar-refractivity contribution in [1.29, 1.82) is 0 Å². The van der Waals surface area contributed by atoms with Crippen molar-refractivity contribution >= 4 is 17.3 Å². The Kier molecular flexibility index (Phi) is 6.02. The first kappa shape index (κ1) is 16.3. The van der Waals surface area contributed by atoms with E-state index in [-0.39, 0.29) is 10.6 Å². The molecule has 1 aromatic rings. The van der Waals surface area contributed by atoms with E-state index in [0.717, 1.165) is 32.1 Å². The number of ether oxygens (including phenoxy) is 1. The van der Waals surface area contributed by atoms with Gasteiger partial charge in [0.2, 0.25) is 0 Å². The van der Waals surface area contributed by atoms with Gasteiger partial charge in [0.15, 0.2) is 0 Å². The van der Waals surface area contributed by atoms with Crippen LogP contribution in [0.4, 0.5) is 5.69 Å². The van der Waals surface area contributed by atoms with Crippen molar-refractivity contribution in [2.75, 3.05) is 18.5 Å². The van der Waals surface area contributed by atoms with Crippen molar-refractivity contribution < 1.29 is 4.74 Å². The van der Waals surface area contributed by atoms with Crippen LogP contribution >= 0.6 is 11.6 Å².